The first-order valence-electron chi connectivity index (χ1n) is 6.72. The molecular formula is C16H26O4. The van der Waals surface area contributed by atoms with E-state index in [4.69, 9.17) is 6.42 Å². The maximum Gasteiger partial charge on any atom is 0.167 e. The van der Waals surface area contributed by atoms with Gasteiger partial charge in [0.2, 0.25) is 0 Å². The topological polar surface area (TPSA) is 77.8 Å². The minimum Gasteiger partial charge on any atom is -0.390 e. The number of terminal acetylenes is 1. The van der Waals surface area contributed by atoms with Gasteiger partial charge >= 0.3 is 0 Å². The average Bonchev–Trinajstić information content (AvgIpc) is 2.40. The van der Waals surface area contributed by atoms with Crippen LogP contribution in [-0.4, -0.2) is 38.9 Å². The molecule has 0 amide bonds. The number of allylic oxidation sites excluding steroid dienone is 2. The summed E-state index contributed by atoms with van der Waals surface area (Å²) in [4.78, 5) is 11.7. The van der Waals surface area contributed by atoms with Gasteiger partial charge < -0.3 is 15.3 Å². The predicted molar refractivity (Wildman–Crippen MR) is 79.0 cm³/mol. The molecule has 4 heteroatoms. The summed E-state index contributed by atoms with van der Waals surface area (Å²) < 4.78 is 0. The third-order valence-electron chi connectivity index (χ3n) is 3.55. The molecule has 114 valence electrons. The molecule has 0 unspecified atom stereocenters. The first-order chi connectivity index (χ1) is 9.02. The van der Waals surface area contributed by atoms with E-state index in [1.807, 2.05) is 12.2 Å². The number of aliphatic hydroxyl groups excluding tert-OH is 2. The smallest absolute Gasteiger partial charge is 0.167 e. The zero-order valence-corrected chi connectivity index (χ0v) is 11.1. The van der Waals surface area contributed by atoms with Gasteiger partial charge in [-0.15, -0.1) is 12.3 Å². The second kappa shape index (κ2) is 8.91. The molecule has 1 aliphatic rings. The van der Waals surface area contributed by atoms with Crippen LogP contribution in [-0.2, 0) is 4.79 Å². The fraction of sp³-hybridized carbons (Fsp3) is 0.688. The predicted octanol–water partition coefficient (Wildman–Crippen LogP) is 1.58. The largest absolute Gasteiger partial charge is 0.390 e. The molecule has 0 spiro atoms. The van der Waals surface area contributed by atoms with E-state index >= 15 is 0 Å². The van der Waals surface area contributed by atoms with E-state index < -0.39 is 17.8 Å². The van der Waals surface area contributed by atoms with Crippen LogP contribution in [0.2, 0.25) is 0 Å². The summed E-state index contributed by atoms with van der Waals surface area (Å²) in [6.07, 6.45) is 9.97. The molecule has 1 rings (SSSR count). The third kappa shape index (κ3) is 4.75. The molecule has 1 aliphatic carbocycles. The summed E-state index contributed by atoms with van der Waals surface area (Å²) >= 11 is 0. The van der Waals surface area contributed by atoms with Crippen LogP contribution in [0.25, 0.3) is 0 Å². The number of unbranched alkanes of at least 4 members (excludes halogenated alkanes) is 2. The van der Waals surface area contributed by atoms with E-state index in [1.54, 1.807) is 0 Å². The highest BCUT2D eigenvalue weighted by molar-refractivity contribution is 5.88. The van der Waals surface area contributed by atoms with Crippen molar-refractivity contribution in [2.45, 2.75) is 70.2 Å². The average molecular weight is 282 g/mol. The fourth-order valence-electron chi connectivity index (χ4n) is 2.32. The Morgan fingerprint density at radius 2 is 2.00 bits per heavy atom. The zero-order chi connectivity index (χ0) is 14.3. The molecule has 0 bridgehead atoms. The molecule has 0 aromatic heterocycles. The normalized spacial score (nSPS) is 30.0. The monoisotopic (exact) mass is 282 g/mol. The molecule has 0 aromatic rings. The number of Topliss-reactive ketones (excluding diaryl/α,β-unsaturated/α-hetero) is 1. The van der Waals surface area contributed by atoms with Crippen LogP contribution >= 0.6 is 0 Å². The lowest BCUT2D eigenvalue weighted by Crippen LogP contribution is -2.58. The Balaban J connectivity index is 0.00000361. The summed E-state index contributed by atoms with van der Waals surface area (Å²) in [6, 6.07) is 0. The van der Waals surface area contributed by atoms with E-state index in [0.717, 1.165) is 6.42 Å². The SMILES string of the molecule is C.C#CCC/C=C\CCC[C@]1(O)C(=O)CC[C@H](O)[C@H]1O. The lowest BCUT2D eigenvalue weighted by molar-refractivity contribution is -0.174. The highest BCUT2D eigenvalue weighted by Crippen LogP contribution is 2.30. The Hall–Kier alpha value is -1.15. The maximum atomic E-state index is 11.7. The highest BCUT2D eigenvalue weighted by atomic mass is 16.4. The Morgan fingerprint density at radius 1 is 1.35 bits per heavy atom. The first-order valence-corrected chi connectivity index (χ1v) is 6.72. The fourth-order valence-corrected chi connectivity index (χ4v) is 2.32. The van der Waals surface area contributed by atoms with Gasteiger partial charge in [-0.2, -0.15) is 0 Å². The first kappa shape index (κ1) is 18.9. The van der Waals surface area contributed by atoms with Crippen molar-refractivity contribution in [1.82, 2.24) is 0 Å². The van der Waals surface area contributed by atoms with Crippen molar-refractivity contribution < 1.29 is 20.1 Å². The molecule has 20 heavy (non-hydrogen) atoms. The molecule has 4 nitrogen and oxygen atoms in total. The van der Waals surface area contributed by atoms with E-state index in [0.29, 0.717) is 19.3 Å². The number of hydrogen-bond acceptors (Lipinski definition) is 4. The number of rotatable bonds is 6. The van der Waals surface area contributed by atoms with Crippen molar-refractivity contribution in [3.05, 3.63) is 12.2 Å². The second-order valence-electron chi connectivity index (χ2n) is 5.00. The van der Waals surface area contributed by atoms with E-state index in [1.165, 1.54) is 0 Å². The molecular weight excluding hydrogens is 256 g/mol. The van der Waals surface area contributed by atoms with Gasteiger partial charge in [-0.25, -0.2) is 0 Å². The van der Waals surface area contributed by atoms with Gasteiger partial charge in [-0.3, -0.25) is 4.79 Å². The quantitative estimate of drug-likeness (QED) is 0.393. The van der Waals surface area contributed by atoms with Gasteiger partial charge in [0.25, 0.3) is 0 Å². The van der Waals surface area contributed by atoms with E-state index in [2.05, 4.69) is 5.92 Å². The summed E-state index contributed by atoms with van der Waals surface area (Å²) in [6.45, 7) is 0. The molecule has 0 saturated heterocycles. The molecule has 0 radical (unpaired) electrons. The number of aliphatic hydroxyl groups is 3. The van der Waals surface area contributed by atoms with Gasteiger partial charge in [0.1, 0.15) is 6.10 Å². The standard InChI is InChI=1S/C15H22O4.CH4/c1-2-3-4-5-6-7-8-11-15(19)13(17)10-9-12(16)14(15)18;/h1,5-6,12,14,16,18-19H,3-4,7-11H2;1H4/b6-5-;/t12-,14+,15-;/m0./s1. The van der Waals surface area contributed by atoms with Crippen molar-refractivity contribution in [1.29, 1.82) is 0 Å². The van der Waals surface area contributed by atoms with Crippen LogP contribution in [0.3, 0.4) is 0 Å². The summed E-state index contributed by atoms with van der Waals surface area (Å²) in [5, 5.41) is 29.5. The molecule has 3 N–H and O–H groups in total. The Morgan fingerprint density at radius 3 is 2.65 bits per heavy atom. The molecule has 1 saturated carbocycles. The summed E-state index contributed by atoms with van der Waals surface area (Å²) in [5.41, 5.74) is -1.79. The van der Waals surface area contributed by atoms with Crippen LogP contribution in [0.15, 0.2) is 12.2 Å². The minimum atomic E-state index is -1.79. The molecule has 0 aliphatic heterocycles. The van der Waals surface area contributed by atoms with Crippen LogP contribution in [0, 0.1) is 12.3 Å². The molecule has 1 fully saturated rings. The van der Waals surface area contributed by atoms with Gasteiger partial charge in [-0.1, -0.05) is 19.6 Å². The Labute approximate surface area is 121 Å². The van der Waals surface area contributed by atoms with Crippen LogP contribution in [0.1, 0.15) is 52.4 Å². The van der Waals surface area contributed by atoms with Gasteiger partial charge in [0.05, 0.1) is 6.10 Å². The lowest BCUT2D eigenvalue weighted by atomic mass is 9.76. The number of carbonyl (C=O) groups is 1. The van der Waals surface area contributed by atoms with Crippen molar-refractivity contribution in [3.8, 4) is 12.3 Å². The second-order valence-corrected chi connectivity index (χ2v) is 5.00. The van der Waals surface area contributed by atoms with Crippen LogP contribution < -0.4 is 0 Å². The Bertz CT molecular complexity index is 369. The molecule has 3 atom stereocenters. The van der Waals surface area contributed by atoms with E-state index in [9.17, 15) is 20.1 Å². The zero-order valence-electron chi connectivity index (χ0n) is 11.1. The maximum absolute atomic E-state index is 11.7. The van der Waals surface area contributed by atoms with Gasteiger partial charge in [0.15, 0.2) is 11.4 Å². The molecule has 0 aromatic carbocycles. The van der Waals surface area contributed by atoms with E-state index in [-0.39, 0.29) is 32.5 Å². The number of ketones is 1. The lowest BCUT2D eigenvalue weighted by Gasteiger charge is -2.38. The summed E-state index contributed by atoms with van der Waals surface area (Å²) in [7, 11) is 0. The number of hydrogen-bond donors (Lipinski definition) is 3. The molecule has 0 heterocycles. The Kier molecular flexibility index (Phi) is 8.40. The third-order valence-corrected chi connectivity index (χ3v) is 3.55. The van der Waals surface area contributed by atoms with Crippen molar-refractivity contribution in [3.63, 3.8) is 0 Å². The summed E-state index contributed by atoms with van der Waals surface area (Å²) in [5.74, 6) is 2.16. The minimum absolute atomic E-state index is 0. The highest BCUT2D eigenvalue weighted by Gasteiger charge is 2.48. The van der Waals surface area contributed by atoms with Gasteiger partial charge in [-0.05, 0) is 32.1 Å². The number of carbonyl (C=O) groups excluding carboxylic acids is 1. The van der Waals surface area contributed by atoms with Crippen LogP contribution in [0.5, 0.6) is 0 Å². The van der Waals surface area contributed by atoms with Crippen molar-refractivity contribution in [2.75, 3.05) is 0 Å². The van der Waals surface area contributed by atoms with Crippen LogP contribution in [0.4, 0.5) is 0 Å². The van der Waals surface area contributed by atoms with Gasteiger partial charge in [0, 0.05) is 12.8 Å². The van der Waals surface area contributed by atoms with Crippen molar-refractivity contribution in [2.24, 2.45) is 0 Å². The van der Waals surface area contributed by atoms with Crippen molar-refractivity contribution >= 4 is 5.78 Å².